The number of benzene rings is 5. The lowest BCUT2D eigenvalue weighted by Crippen LogP contribution is -2.00. The number of unbranched alkanes of at least 4 members (excludes halogenated alkanes) is 6. The van der Waals surface area contributed by atoms with Gasteiger partial charge in [0.2, 0.25) is 0 Å². The average molecular weight is 805 g/mol. The molecular formula is C52H56N2O6. The van der Waals surface area contributed by atoms with Crippen molar-refractivity contribution in [1.29, 1.82) is 10.5 Å². The van der Waals surface area contributed by atoms with Gasteiger partial charge in [0.05, 0.1) is 63.9 Å². The molecule has 0 amide bonds. The fourth-order valence-electron chi connectivity index (χ4n) is 6.45. The Balaban J connectivity index is 1.10. The zero-order valence-electron chi connectivity index (χ0n) is 35.4. The average Bonchev–Trinajstić information content (AvgIpc) is 3.28. The molecule has 0 heterocycles. The van der Waals surface area contributed by atoms with Crippen LogP contribution in [0.25, 0.3) is 23.3 Å². The largest absolute Gasteiger partial charge is 0.496 e. The molecule has 0 saturated carbocycles. The summed E-state index contributed by atoms with van der Waals surface area (Å²) in [5.41, 5.74) is 6.21. The van der Waals surface area contributed by atoms with Crippen LogP contribution in [0.4, 0.5) is 0 Å². The van der Waals surface area contributed by atoms with E-state index < -0.39 is 0 Å². The molecule has 60 heavy (non-hydrogen) atoms. The van der Waals surface area contributed by atoms with Crippen molar-refractivity contribution in [2.24, 2.45) is 0 Å². The highest BCUT2D eigenvalue weighted by atomic mass is 16.5. The third kappa shape index (κ3) is 14.3. The number of hydrogen-bond acceptors (Lipinski definition) is 8. The van der Waals surface area contributed by atoms with Gasteiger partial charge in [-0.1, -0.05) is 35.4 Å². The quantitative estimate of drug-likeness (QED) is 0.0345. The van der Waals surface area contributed by atoms with Crippen LogP contribution in [0.5, 0.6) is 34.5 Å². The Hall–Kier alpha value is -6.64. The topological polar surface area (TPSA) is 103 Å². The summed E-state index contributed by atoms with van der Waals surface area (Å²) in [6, 6.07) is 39.6. The van der Waals surface area contributed by atoms with Gasteiger partial charge < -0.3 is 28.4 Å². The highest BCUT2D eigenvalue weighted by Crippen LogP contribution is 2.35. The first kappa shape index (κ1) is 44.5. The van der Waals surface area contributed by atoms with Crippen molar-refractivity contribution < 1.29 is 28.4 Å². The Morgan fingerprint density at radius 2 is 0.717 bits per heavy atom. The van der Waals surface area contributed by atoms with Gasteiger partial charge in [-0.05, 0) is 173 Å². The zero-order chi connectivity index (χ0) is 42.4. The molecule has 0 saturated heterocycles. The van der Waals surface area contributed by atoms with Gasteiger partial charge in [-0.2, -0.15) is 10.5 Å². The van der Waals surface area contributed by atoms with E-state index in [2.05, 4.69) is 50.3 Å². The summed E-state index contributed by atoms with van der Waals surface area (Å²) in [6.07, 6.45) is 11.7. The minimum Gasteiger partial charge on any atom is -0.496 e. The van der Waals surface area contributed by atoms with Crippen molar-refractivity contribution >= 4 is 23.3 Å². The molecule has 5 rings (SSSR count). The van der Waals surface area contributed by atoms with E-state index in [1.165, 1.54) is 11.1 Å². The number of nitrogens with zero attached hydrogens (tertiary/aromatic N) is 2. The molecule has 0 aliphatic heterocycles. The minimum atomic E-state index is 0.460. The lowest BCUT2D eigenvalue weighted by molar-refractivity contribution is 0.287. The van der Waals surface area contributed by atoms with Gasteiger partial charge in [-0.15, -0.1) is 0 Å². The number of methoxy groups -OCH3 is 2. The summed E-state index contributed by atoms with van der Waals surface area (Å²) in [7, 11) is 3.16. The normalized spacial score (nSPS) is 11.3. The van der Waals surface area contributed by atoms with Gasteiger partial charge in [0, 0.05) is 11.1 Å². The standard InChI is InChI=1S/C52H56N2O6/c1-39-13-21-47(22-14-39)57-29-9-5-7-11-31-59-49-25-17-41(18-26-49)45(37-53)33-43-35-52(56-4)44(36-51(43)55-3)34-46(38-54)42-19-27-50(28-20-42)60-32-12-8-6-10-30-58-48-23-15-40(2)16-24-48/h13-28,33-36H,5-12,29-32H2,1-4H3/b45-33+,46-34+. The van der Waals surface area contributed by atoms with Crippen LogP contribution in [-0.4, -0.2) is 40.6 Å². The van der Waals surface area contributed by atoms with Crippen LogP contribution in [0.1, 0.15) is 84.7 Å². The molecule has 5 aromatic carbocycles. The molecule has 310 valence electrons. The van der Waals surface area contributed by atoms with Crippen molar-refractivity contribution in [3.8, 4) is 46.6 Å². The van der Waals surface area contributed by atoms with E-state index in [1.807, 2.05) is 84.9 Å². The van der Waals surface area contributed by atoms with E-state index >= 15 is 0 Å². The first-order chi connectivity index (χ1) is 29.4. The van der Waals surface area contributed by atoms with Crippen LogP contribution in [0.2, 0.25) is 0 Å². The van der Waals surface area contributed by atoms with Crippen LogP contribution < -0.4 is 28.4 Å². The lowest BCUT2D eigenvalue weighted by atomic mass is 9.99. The Labute approximate surface area is 356 Å². The lowest BCUT2D eigenvalue weighted by Gasteiger charge is -2.13. The number of hydrogen-bond donors (Lipinski definition) is 0. The van der Waals surface area contributed by atoms with Crippen LogP contribution in [0, 0.1) is 36.5 Å². The Kier molecular flexibility index (Phi) is 18.0. The van der Waals surface area contributed by atoms with E-state index in [4.69, 9.17) is 28.4 Å². The van der Waals surface area contributed by atoms with Gasteiger partial charge in [0.15, 0.2) is 0 Å². The highest BCUT2D eigenvalue weighted by Gasteiger charge is 2.13. The molecule has 0 bridgehead atoms. The maximum Gasteiger partial charge on any atom is 0.126 e. The predicted molar refractivity (Wildman–Crippen MR) is 241 cm³/mol. The van der Waals surface area contributed by atoms with E-state index in [1.54, 1.807) is 26.4 Å². The second-order valence-electron chi connectivity index (χ2n) is 14.6. The fraction of sp³-hybridized carbons (Fsp3) is 0.308. The SMILES string of the molecule is COc1cc(/C=C(\C#N)c2ccc(OCCCCCCOc3ccc(C)cc3)cc2)c(OC)cc1/C=C(\C#N)c1ccc(OCCCCCCOc2ccc(C)cc2)cc1. The Morgan fingerprint density at radius 3 is 0.983 bits per heavy atom. The summed E-state index contributed by atoms with van der Waals surface area (Å²) in [5.74, 6) is 4.42. The van der Waals surface area contributed by atoms with Crippen molar-refractivity contribution in [2.45, 2.75) is 65.2 Å². The molecule has 0 spiro atoms. The molecule has 0 atom stereocenters. The summed E-state index contributed by atoms with van der Waals surface area (Å²) < 4.78 is 35.1. The van der Waals surface area contributed by atoms with Crippen molar-refractivity contribution in [3.05, 3.63) is 143 Å². The first-order valence-electron chi connectivity index (χ1n) is 20.7. The number of ether oxygens (including phenoxy) is 6. The summed E-state index contributed by atoms with van der Waals surface area (Å²) in [6.45, 7) is 6.80. The monoisotopic (exact) mass is 804 g/mol. The van der Waals surface area contributed by atoms with Crippen molar-refractivity contribution in [1.82, 2.24) is 0 Å². The van der Waals surface area contributed by atoms with Gasteiger partial charge in [0.1, 0.15) is 34.5 Å². The number of nitriles is 2. The fourth-order valence-corrected chi connectivity index (χ4v) is 6.45. The molecule has 0 fully saturated rings. The molecular weight excluding hydrogens is 749 g/mol. The van der Waals surface area contributed by atoms with Gasteiger partial charge in [0.25, 0.3) is 0 Å². The molecule has 0 aromatic heterocycles. The van der Waals surface area contributed by atoms with E-state index in [-0.39, 0.29) is 0 Å². The molecule has 8 nitrogen and oxygen atoms in total. The smallest absolute Gasteiger partial charge is 0.126 e. The van der Waals surface area contributed by atoms with Crippen molar-refractivity contribution in [3.63, 3.8) is 0 Å². The maximum atomic E-state index is 10.1. The van der Waals surface area contributed by atoms with E-state index in [0.717, 1.165) is 85.5 Å². The summed E-state index contributed by atoms with van der Waals surface area (Å²) in [5, 5.41) is 20.3. The third-order valence-corrected chi connectivity index (χ3v) is 9.95. The van der Waals surface area contributed by atoms with Gasteiger partial charge >= 0.3 is 0 Å². The predicted octanol–water partition coefficient (Wildman–Crippen LogP) is 12.5. The minimum absolute atomic E-state index is 0.460. The maximum absolute atomic E-state index is 10.1. The highest BCUT2D eigenvalue weighted by molar-refractivity contribution is 5.93. The molecule has 0 radical (unpaired) electrons. The van der Waals surface area contributed by atoms with Crippen LogP contribution in [0.15, 0.2) is 109 Å². The molecule has 8 heteroatoms. The number of aryl methyl sites for hydroxylation is 2. The Bertz CT molecular complexity index is 2050. The molecule has 5 aromatic rings. The molecule has 0 aliphatic carbocycles. The molecule has 0 N–H and O–H groups in total. The third-order valence-electron chi connectivity index (χ3n) is 9.95. The summed E-state index contributed by atoms with van der Waals surface area (Å²) in [4.78, 5) is 0. The molecule has 0 aliphatic rings. The number of rotatable bonds is 24. The van der Waals surface area contributed by atoms with Gasteiger partial charge in [-0.25, -0.2) is 0 Å². The Morgan fingerprint density at radius 1 is 0.433 bits per heavy atom. The van der Waals surface area contributed by atoms with Gasteiger partial charge in [-0.3, -0.25) is 0 Å². The van der Waals surface area contributed by atoms with E-state index in [9.17, 15) is 10.5 Å². The second kappa shape index (κ2) is 24.3. The van der Waals surface area contributed by atoms with Crippen LogP contribution in [-0.2, 0) is 0 Å². The van der Waals surface area contributed by atoms with Crippen LogP contribution in [0.3, 0.4) is 0 Å². The molecule has 0 unspecified atom stereocenters. The first-order valence-corrected chi connectivity index (χ1v) is 20.7. The van der Waals surface area contributed by atoms with E-state index in [0.29, 0.717) is 60.2 Å². The second-order valence-corrected chi connectivity index (χ2v) is 14.6. The summed E-state index contributed by atoms with van der Waals surface area (Å²) >= 11 is 0. The van der Waals surface area contributed by atoms with Crippen molar-refractivity contribution in [2.75, 3.05) is 40.6 Å². The number of allylic oxidation sites excluding steroid dienone is 2. The zero-order valence-corrected chi connectivity index (χ0v) is 35.4. The van der Waals surface area contributed by atoms with Crippen LogP contribution >= 0.6 is 0 Å².